The quantitative estimate of drug-likeness (QED) is 0.712. The largest absolute Gasteiger partial charge is 0.489 e. The maximum Gasteiger partial charge on any atom is 0.221 e. The van der Waals surface area contributed by atoms with Gasteiger partial charge in [-0.05, 0) is 32.0 Å². The van der Waals surface area contributed by atoms with Crippen molar-refractivity contribution >= 4 is 27.5 Å². The molecule has 1 aliphatic rings. The van der Waals surface area contributed by atoms with Crippen LogP contribution in [0.4, 0.5) is 0 Å². The summed E-state index contributed by atoms with van der Waals surface area (Å²) in [5, 5.41) is 3.95. The Kier molecular flexibility index (Phi) is 5.59. The number of carbonyl (C=O) groups excluding carboxylic acids is 1. The second kappa shape index (κ2) is 8.29. The smallest absolute Gasteiger partial charge is 0.221 e. The zero-order valence-corrected chi connectivity index (χ0v) is 17.1. The highest BCUT2D eigenvalue weighted by Crippen LogP contribution is 2.26. The van der Waals surface area contributed by atoms with E-state index in [0.717, 1.165) is 34.1 Å². The maximum atomic E-state index is 12.3. The number of amides is 1. The highest BCUT2D eigenvalue weighted by molar-refractivity contribution is 7.18. The standard InChI is InChI=1S/C22H25N3O2S/c1-15-7-8-19-17(11-15)14-25(13-16(2)27-19)10-9-21(26)23-12-22-24-18-5-3-4-6-20(18)28-22/h3-8,11,16H,9-10,12-14H2,1-2H3,(H,23,26)/t16-/m0/s1. The highest BCUT2D eigenvalue weighted by atomic mass is 32.1. The molecular formula is C22H25N3O2S. The fraction of sp³-hybridized carbons (Fsp3) is 0.364. The monoisotopic (exact) mass is 395 g/mol. The fourth-order valence-corrected chi connectivity index (χ4v) is 4.47. The number of hydrogen-bond donors (Lipinski definition) is 1. The summed E-state index contributed by atoms with van der Waals surface area (Å²) < 4.78 is 7.19. The number of para-hydroxylation sites is 1. The highest BCUT2D eigenvalue weighted by Gasteiger charge is 2.20. The molecule has 0 saturated heterocycles. The van der Waals surface area contributed by atoms with Crippen LogP contribution < -0.4 is 10.1 Å². The average molecular weight is 396 g/mol. The third-order valence-corrected chi connectivity index (χ3v) is 5.92. The summed E-state index contributed by atoms with van der Waals surface area (Å²) in [6.45, 7) is 7.00. The van der Waals surface area contributed by atoms with Gasteiger partial charge in [0.25, 0.3) is 0 Å². The van der Waals surface area contributed by atoms with Crippen LogP contribution in [0.2, 0.25) is 0 Å². The van der Waals surface area contributed by atoms with Gasteiger partial charge < -0.3 is 10.1 Å². The number of aromatic nitrogens is 1. The van der Waals surface area contributed by atoms with E-state index < -0.39 is 0 Å². The van der Waals surface area contributed by atoms with Gasteiger partial charge in [0.1, 0.15) is 16.9 Å². The van der Waals surface area contributed by atoms with E-state index in [-0.39, 0.29) is 12.0 Å². The second-order valence-corrected chi connectivity index (χ2v) is 8.49. The number of ether oxygens (including phenoxy) is 1. The first-order valence-electron chi connectivity index (χ1n) is 9.66. The summed E-state index contributed by atoms with van der Waals surface area (Å²) in [6, 6.07) is 14.4. The maximum absolute atomic E-state index is 12.3. The topological polar surface area (TPSA) is 54.5 Å². The number of nitrogens with zero attached hydrogens (tertiary/aromatic N) is 2. The van der Waals surface area contributed by atoms with E-state index >= 15 is 0 Å². The Hall–Kier alpha value is -2.44. The number of fused-ring (bicyclic) bond motifs is 2. The van der Waals surface area contributed by atoms with Gasteiger partial charge in [0.05, 0.1) is 16.8 Å². The van der Waals surface area contributed by atoms with Gasteiger partial charge in [-0.3, -0.25) is 9.69 Å². The van der Waals surface area contributed by atoms with Crippen molar-refractivity contribution in [3.8, 4) is 5.75 Å². The van der Waals surface area contributed by atoms with E-state index in [1.165, 1.54) is 11.1 Å². The molecule has 0 bridgehead atoms. The predicted molar refractivity (Wildman–Crippen MR) is 113 cm³/mol. The summed E-state index contributed by atoms with van der Waals surface area (Å²) in [5.74, 6) is 1.02. The van der Waals surface area contributed by atoms with E-state index in [1.54, 1.807) is 11.3 Å². The van der Waals surface area contributed by atoms with Gasteiger partial charge in [-0.15, -0.1) is 11.3 Å². The molecule has 1 N–H and O–H groups in total. The Balaban J connectivity index is 1.31. The van der Waals surface area contributed by atoms with Crippen molar-refractivity contribution in [2.45, 2.75) is 39.5 Å². The van der Waals surface area contributed by atoms with Crippen LogP contribution in [0, 0.1) is 6.92 Å². The Bertz CT molecular complexity index is 952. The van der Waals surface area contributed by atoms with Crippen LogP contribution in [0.15, 0.2) is 42.5 Å². The van der Waals surface area contributed by atoms with E-state index in [4.69, 9.17) is 4.74 Å². The molecular weight excluding hydrogens is 370 g/mol. The Labute approximate surface area is 169 Å². The van der Waals surface area contributed by atoms with Crippen LogP contribution in [-0.4, -0.2) is 35.0 Å². The van der Waals surface area contributed by atoms with Crippen LogP contribution >= 0.6 is 11.3 Å². The van der Waals surface area contributed by atoms with Crippen molar-refractivity contribution in [2.75, 3.05) is 13.1 Å². The summed E-state index contributed by atoms with van der Waals surface area (Å²) in [4.78, 5) is 19.2. The van der Waals surface area contributed by atoms with Crippen molar-refractivity contribution in [1.82, 2.24) is 15.2 Å². The SMILES string of the molecule is Cc1ccc2c(c1)CN(CCC(=O)NCc1nc3ccccc3s1)C[C@H](C)O2. The first-order valence-corrected chi connectivity index (χ1v) is 10.5. The van der Waals surface area contributed by atoms with Crippen LogP contribution in [0.5, 0.6) is 5.75 Å². The molecule has 1 amide bonds. The normalized spacial score (nSPS) is 17.0. The van der Waals surface area contributed by atoms with E-state index in [1.807, 2.05) is 18.2 Å². The van der Waals surface area contributed by atoms with E-state index in [2.05, 4.69) is 53.3 Å². The lowest BCUT2D eigenvalue weighted by Gasteiger charge is -2.21. The lowest BCUT2D eigenvalue weighted by Crippen LogP contribution is -2.34. The lowest BCUT2D eigenvalue weighted by molar-refractivity contribution is -0.121. The molecule has 1 aliphatic heterocycles. The Morgan fingerprint density at radius 2 is 2.18 bits per heavy atom. The molecule has 0 fully saturated rings. The molecule has 3 aromatic rings. The summed E-state index contributed by atoms with van der Waals surface area (Å²) in [5.41, 5.74) is 3.41. The molecule has 2 aromatic carbocycles. The van der Waals surface area contributed by atoms with Gasteiger partial charge >= 0.3 is 0 Å². The molecule has 28 heavy (non-hydrogen) atoms. The summed E-state index contributed by atoms with van der Waals surface area (Å²) >= 11 is 1.63. The molecule has 0 saturated carbocycles. The van der Waals surface area contributed by atoms with E-state index in [9.17, 15) is 4.79 Å². The van der Waals surface area contributed by atoms with Crippen molar-refractivity contribution in [3.05, 3.63) is 58.6 Å². The zero-order valence-electron chi connectivity index (χ0n) is 16.3. The molecule has 5 nitrogen and oxygen atoms in total. The first kappa shape index (κ1) is 18.9. The lowest BCUT2D eigenvalue weighted by atomic mass is 10.1. The minimum Gasteiger partial charge on any atom is -0.489 e. The first-order chi connectivity index (χ1) is 13.6. The molecule has 0 unspecified atom stereocenters. The molecule has 6 heteroatoms. The van der Waals surface area contributed by atoms with Gasteiger partial charge in [0.2, 0.25) is 5.91 Å². The Morgan fingerprint density at radius 3 is 3.04 bits per heavy atom. The molecule has 1 aromatic heterocycles. The zero-order chi connectivity index (χ0) is 19.5. The third-order valence-electron chi connectivity index (χ3n) is 4.88. The number of rotatable bonds is 5. The van der Waals surface area contributed by atoms with Crippen LogP contribution in [0.25, 0.3) is 10.2 Å². The van der Waals surface area contributed by atoms with Gasteiger partial charge in [0, 0.05) is 31.6 Å². The van der Waals surface area contributed by atoms with Crippen LogP contribution in [0.3, 0.4) is 0 Å². The van der Waals surface area contributed by atoms with E-state index in [0.29, 0.717) is 19.5 Å². The van der Waals surface area contributed by atoms with Gasteiger partial charge in [-0.1, -0.05) is 29.8 Å². The molecule has 0 spiro atoms. The number of hydrogen-bond acceptors (Lipinski definition) is 5. The third kappa shape index (κ3) is 4.51. The predicted octanol–water partition coefficient (Wildman–Crippen LogP) is 3.89. The number of nitrogens with one attached hydrogen (secondary N) is 1. The number of thiazole rings is 1. The van der Waals surface area contributed by atoms with Gasteiger partial charge in [-0.25, -0.2) is 4.98 Å². The second-order valence-electron chi connectivity index (χ2n) is 7.38. The van der Waals surface area contributed by atoms with Crippen LogP contribution in [-0.2, 0) is 17.9 Å². The Morgan fingerprint density at radius 1 is 1.32 bits per heavy atom. The molecule has 4 rings (SSSR count). The van der Waals surface area contributed by atoms with Crippen LogP contribution in [0.1, 0.15) is 29.5 Å². The fourth-order valence-electron chi connectivity index (χ4n) is 3.56. The molecule has 1 atom stereocenters. The van der Waals surface area contributed by atoms with Crippen molar-refractivity contribution in [2.24, 2.45) is 0 Å². The number of carbonyl (C=O) groups is 1. The minimum absolute atomic E-state index is 0.0570. The van der Waals surface area contributed by atoms with Crippen molar-refractivity contribution < 1.29 is 9.53 Å². The number of aryl methyl sites for hydroxylation is 1. The molecule has 146 valence electrons. The minimum atomic E-state index is 0.0570. The van der Waals surface area contributed by atoms with Gasteiger partial charge in [0.15, 0.2) is 0 Å². The molecule has 0 radical (unpaired) electrons. The van der Waals surface area contributed by atoms with Crippen molar-refractivity contribution in [3.63, 3.8) is 0 Å². The average Bonchev–Trinajstić information content (AvgIpc) is 3.02. The molecule has 0 aliphatic carbocycles. The van der Waals surface area contributed by atoms with Crippen molar-refractivity contribution in [1.29, 1.82) is 0 Å². The summed E-state index contributed by atoms with van der Waals surface area (Å²) in [6.07, 6.45) is 0.577. The number of benzene rings is 2. The van der Waals surface area contributed by atoms with Gasteiger partial charge in [-0.2, -0.15) is 0 Å². The molecule has 2 heterocycles. The summed E-state index contributed by atoms with van der Waals surface area (Å²) in [7, 11) is 0.